The molecular weight excluding hydrogens is 330 g/mol. The highest BCUT2D eigenvalue weighted by molar-refractivity contribution is 5.63. The molecule has 26 heavy (non-hydrogen) atoms. The van der Waals surface area contributed by atoms with E-state index in [-0.39, 0.29) is 22.9 Å². The van der Waals surface area contributed by atoms with Crippen molar-refractivity contribution in [3.8, 4) is 11.5 Å². The summed E-state index contributed by atoms with van der Waals surface area (Å²) < 4.78 is 13.0. The van der Waals surface area contributed by atoms with Crippen LogP contribution in [-0.4, -0.2) is 58.2 Å². The summed E-state index contributed by atoms with van der Waals surface area (Å²) >= 11 is 0. The van der Waals surface area contributed by atoms with E-state index in [0.717, 1.165) is 43.7 Å². The molecule has 5 atom stereocenters. The summed E-state index contributed by atoms with van der Waals surface area (Å²) in [5.41, 5.74) is 0.926. The van der Waals surface area contributed by atoms with Gasteiger partial charge in [-0.3, -0.25) is 4.90 Å². The van der Waals surface area contributed by atoms with Gasteiger partial charge in [0.1, 0.15) is 11.7 Å². The van der Waals surface area contributed by atoms with Gasteiger partial charge in [0.15, 0.2) is 11.5 Å². The predicted octanol–water partition coefficient (Wildman–Crippen LogP) is 1.73. The Labute approximate surface area is 152 Å². The zero-order valence-electron chi connectivity index (χ0n) is 14.9. The van der Waals surface area contributed by atoms with E-state index >= 15 is 0 Å². The van der Waals surface area contributed by atoms with Crippen LogP contribution >= 0.6 is 0 Å². The van der Waals surface area contributed by atoms with Gasteiger partial charge in [-0.25, -0.2) is 0 Å². The average molecular weight is 355 g/mol. The van der Waals surface area contributed by atoms with Crippen molar-refractivity contribution in [1.82, 2.24) is 4.90 Å². The monoisotopic (exact) mass is 355 g/mol. The third-order valence-corrected chi connectivity index (χ3v) is 8.48. The zero-order chi connectivity index (χ0) is 17.3. The molecule has 0 amide bonds. The number of hydrogen-bond donors (Lipinski definition) is 2. The highest BCUT2D eigenvalue weighted by Gasteiger charge is 2.79. The molecule has 5 nitrogen and oxygen atoms in total. The topological polar surface area (TPSA) is 62.2 Å². The van der Waals surface area contributed by atoms with E-state index in [1.807, 2.05) is 0 Å². The van der Waals surface area contributed by atoms with Crippen molar-refractivity contribution in [2.75, 3.05) is 19.7 Å². The second-order valence-electron chi connectivity index (χ2n) is 9.61. The highest BCUT2D eigenvalue weighted by Crippen LogP contribution is 2.70. The Morgan fingerprint density at radius 1 is 1.19 bits per heavy atom. The predicted molar refractivity (Wildman–Crippen MR) is 93.5 cm³/mol. The maximum absolute atomic E-state index is 11.4. The minimum Gasteiger partial charge on any atom is -0.504 e. The molecule has 7 aliphatic rings. The number of phenolic OH excluding ortho intramolecular Hbond substituents is 1. The largest absolute Gasteiger partial charge is 0.504 e. The van der Waals surface area contributed by atoms with Crippen molar-refractivity contribution >= 4 is 0 Å². The molecule has 1 aromatic carbocycles. The fourth-order valence-corrected chi connectivity index (χ4v) is 7.25. The second-order valence-corrected chi connectivity index (χ2v) is 9.61. The van der Waals surface area contributed by atoms with Crippen LogP contribution in [0.4, 0.5) is 0 Å². The van der Waals surface area contributed by atoms with E-state index in [4.69, 9.17) is 9.47 Å². The molecule has 0 radical (unpaired) electrons. The molecule has 3 aliphatic carbocycles. The van der Waals surface area contributed by atoms with Crippen LogP contribution in [0, 0.1) is 5.92 Å². The molecule has 5 heteroatoms. The lowest BCUT2D eigenvalue weighted by Gasteiger charge is -2.70. The number of likely N-dealkylation sites (tertiary alicyclic amines) is 1. The Hall–Kier alpha value is -1.30. The summed E-state index contributed by atoms with van der Waals surface area (Å²) in [6.07, 6.45) is 5.98. The van der Waals surface area contributed by atoms with Crippen molar-refractivity contribution in [2.24, 2.45) is 5.92 Å². The molecule has 4 bridgehead atoms. The van der Waals surface area contributed by atoms with E-state index < -0.39 is 5.60 Å². The molecule has 2 unspecified atom stereocenters. The molecule has 2 N–H and O–H groups in total. The summed E-state index contributed by atoms with van der Waals surface area (Å²) in [6, 6.07) is 4.21. The van der Waals surface area contributed by atoms with E-state index in [9.17, 15) is 10.2 Å². The smallest absolute Gasteiger partial charge is 0.165 e. The average Bonchev–Trinajstić information content (AvgIpc) is 3.37. The zero-order valence-corrected chi connectivity index (χ0v) is 14.9. The molecule has 2 spiro atoms. The number of piperidine rings is 1. The Bertz CT molecular complexity index is 826. The van der Waals surface area contributed by atoms with Crippen molar-refractivity contribution in [2.45, 2.75) is 67.3 Å². The van der Waals surface area contributed by atoms with Crippen molar-refractivity contribution in [3.63, 3.8) is 0 Å². The molecule has 1 aromatic rings. The SMILES string of the molecule is Oc1ccc2c3c1OC1C4(O)CC[C@@]5(OC4)[C@@H](C2)N(CC2CC2)CC[C@]315. The number of aromatic hydroxyl groups is 1. The standard InChI is InChI=1S/C21H25NO4/c23-14-4-3-13-9-15-21-6-5-19(24,11-25-21)18-20(21,16(13)17(14)26-18)7-8-22(15)10-12-1-2-12/h3-4,12,15,18,23-24H,1-2,5-11H2/t15-,18?,19?,20+,21-/m1/s1. The van der Waals surface area contributed by atoms with Gasteiger partial charge in [-0.05, 0) is 62.6 Å². The number of phenols is 1. The van der Waals surface area contributed by atoms with Crippen LogP contribution < -0.4 is 4.74 Å². The van der Waals surface area contributed by atoms with Crippen LogP contribution in [0.2, 0.25) is 0 Å². The van der Waals surface area contributed by atoms with E-state index in [0.29, 0.717) is 18.4 Å². The Morgan fingerprint density at radius 2 is 2.08 bits per heavy atom. The minimum absolute atomic E-state index is 0.213. The van der Waals surface area contributed by atoms with Crippen LogP contribution in [0.3, 0.4) is 0 Å². The van der Waals surface area contributed by atoms with Gasteiger partial charge in [0, 0.05) is 18.2 Å². The van der Waals surface area contributed by atoms with Crippen LogP contribution in [0.25, 0.3) is 0 Å². The van der Waals surface area contributed by atoms with E-state index in [1.165, 1.54) is 24.9 Å². The van der Waals surface area contributed by atoms with E-state index in [1.54, 1.807) is 6.07 Å². The first-order valence-electron chi connectivity index (χ1n) is 10.2. The van der Waals surface area contributed by atoms with Crippen molar-refractivity contribution in [1.29, 1.82) is 0 Å². The third-order valence-electron chi connectivity index (χ3n) is 8.48. The molecular formula is C21H25NO4. The first-order valence-corrected chi connectivity index (χ1v) is 10.2. The fourth-order valence-electron chi connectivity index (χ4n) is 7.25. The Kier molecular flexibility index (Phi) is 2.40. The number of nitrogens with zero attached hydrogens (tertiary/aromatic N) is 1. The summed E-state index contributed by atoms with van der Waals surface area (Å²) in [6.45, 7) is 2.58. The number of benzene rings is 1. The summed E-state index contributed by atoms with van der Waals surface area (Å²) in [5.74, 6) is 1.69. The second kappa shape index (κ2) is 4.23. The maximum atomic E-state index is 11.4. The Morgan fingerprint density at radius 3 is 2.85 bits per heavy atom. The van der Waals surface area contributed by atoms with Gasteiger partial charge in [-0.2, -0.15) is 0 Å². The van der Waals surface area contributed by atoms with Crippen molar-refractivity contribution in [3.05, 3.63) is 23.3 Å². The lowest BCUT2D eigenvalue weighted by atomic mass is 9.45. The van der Waals surface area contributed by atoms with Gasteiger partial charge in [-0.15, -0.1) is 0 Å². The minimum atomic E-state index is -0.939. The van der Waals surface area contributed by atoms with Gasteiger partial charge in [-0.1, -0.05) is 6.07 Å². The molecule has 2 saturated carbocycles. The third kappa shape index (κ3) is 1.39. The number of rotatable bonds is 2. The quantitative estimate of drug-likeness (QED) is 0.846. The highest BCUT2D eigenvalue weighted by atomic mass is 16.6. The number of ether oxygens (including phenoxy) is 2. The number of fused-ring (bicyclic) bond motifs is 2. The molecule has 138 valence electrons. The Balaban J connectivity index is 1.49. The normalized spacial score (nSPS) is 47.6. The van der Waals surface area contributed by atoms with Gasteiger partial charge in [0.05, 0.1) is 17.6 Å². The first kappa shape index (κ1) is 14.7. The van der Waals surface area contributed by atoms with Crippen LogP contribution in [0.15, 0.2) is 12.1 Å². The molecule has 4 aliphatic heterocycles. The van der Waals surface area contributed by atoms with Crippen molar-refractivity contribution < 1.29 is 19.7 Å². The molecule has 3 saturated heterocycles. The van der Waals surface area contributed by atoms with Gasteiger partial charge >= 0.3 is 0 Å². The van der Waals surface area contributed by atoms with Crippen LogP contribution in [0.1, 0.15) is 43.2 Å². The van der Waals surface area contributed by atoms with Gasteiger partial charge in [0.25, 0.3) is 0 Å². The molecule has 8 rings (SSSR count). The van der Waals surface area contributed by atoms with Crippen LogP contribution in [-0.2, 0) is 16.6 Å². The maximum Gasteiger partial charge on any atom is 0.165 e. The summed E-state index contributed by atoms with van der Waals surface area (Å²) in [4.78, 5) is 2.68. The molecule has 5 fully saturated rings. The van der Waals surface area contributed by atoms with Gasteiger partial charge < -0.3 is 19.7 Å². The summed E-state index contributed by atoms with van der Waals surface area (Å²) in [7, 11) is 0. The van der Waals surface area contributed by atoms with E-state index in [2.05, 4.69) is 11.0 Å². The van der Waals surface area contributed by atoms with Crippen LogP contribution in [0.5, 0.6) is 11.5 Å². The number of aliphatic hydroxyl groups is 1. The van der Waals surface area contributed by atoms with Gasteiger partial charge in [0.2, 0.25) is 0 Å². The summed E-state index contributed by atoms with van der Waals surface area (Å²) in [5, 5.41) is 21.9. The lowest BCUT2D eigenvalue weighted by Crippen LogP contribution is -2.84. The molecule has 4 heterocycles. The molecule has 0 aromatic heterocycles. The lowest BCUT2D eigenvalue weighted by molar-refractivity contribution is -0.323. The number of hydrogen-bond acceptors (Lipinski definition) is 5. The fraction of sp³-hybridized carbons (Fsp3) is 0.714. The first-order chi connectivity index (χ1) is 12.6.